The molecule has 1 radical (unpaired) electrons. The Morgan fingerprint density at radius 3 is 2.80 bits per heavy atom. The van der Waals surface area contributed by atoms with Gasteiger partial charge < -0.3 is 10.1 Å². The van der Waals surface area contributed by atoms with Gasteiger partial charge in [0.15, 0.2) is 0 Å². The van der Waals surface area contributed by atoms with Crippen molar-refractivity contribution < 1.29 is 23.9 Å². The number of amides is 4. The second kappa shape index (κ2) is 7.02. The number of fused-ring (bicyclic) bond motifs is 1. The first-order chi connectivity index (χ1) is 12.0. The summed E-state index contributed by atoms with van der Waals surface area (Å²) in [5, 5.41) is 5.25. The lowest BCUT2D eigenvalue weighted by Gasteiger charge is -2.27. The van der Waals surface area contributed by atoms with Crippen LogP contribution in [0, 0.1) is 6.61 Å². The number of carbonyl (C=O) groups excluding carboxylic acids is 4. The molecule has 1 aromatic carbocycles. The number of nitrogens with one attached hydrogen (secondary N) is 2. The summed E-state index contributed by atoms with van der Waals surface area (Å²) >= 11 is 0. The van der Waals surface area contributed by atoms with Gasteiger partial charge in [0, 0.05) is 18.7 Å². The highest BCUT2D eigenvalue weighted by atomic mass is 16.5. The molecule has 2 aliphatic rings. The highest BCUT2D eigenvalue weighted by molar-refractivity contribution is 6.25. The van der Waals surface area contributed by atoms with Gasteiger partial charge in [-0.15, -0.1) is 0 Å². The molecular weight excluding hydrogens is 326 g/mol. The van der Waals surface area contributed by atoms with E-state index in [-0.39, 0.29) is 24.0 Å². The van der Waals surface area contributed by atoms with Crippen LogP contribution < -0.4 is 10.6 Å². The van der Waals surface area contributed by atoms with Gasteiger partial charge in [0.25, 0.3) is 11.8 Å². The molecule has 2 N–H and O–H groups in total. The fourth-order valence-corrected chi connectivity index (χ4v) is 3.02. The van der Waals surface area contributed by atoms with Crippen molar-refractivity contribution >= 4 is 29.3 Å². The zero-order chi connectivity index (χ0) is 18.0. The number of carbonyl (C=O) groups is 4. The second-order valence-corrected chi connectivity index (χ2v) is 5.71. The predicted octanol–water partition coefficient (Wildman–Crippen LogP) is 0.698. The Balaban J connectivity index is 1.84. The smallest absolute Gasteiger partial charge is 0.264 e. The van der Waals surface area contributed by atoms with Crippen LogP contribution in [0.15, 0.2) is 18.2 Å². The van der Waals surface area contributed by atoms with E-state index in [4.69, 9.17) is 4.74 Å². The summed E-state index contributed by atoms with van der Waals surface area (Å²) in [6.07, 6.45) is 0.235. The minimum Gasteiger partial charge on any atom is -0.382 e. The van der Waals surface area contributed by atoms with E-state index in [1.165, 1.54) is 0 Å². The fraction of sp³-hybridized carbons (Fsp3) is 0.353. The van der Waals surface area contributed by atoms with Crippen molar-refractivity contribution in [2.45, 2.75) is 25.8 Å². The van der Waals surface area contributed by atoms with Crippen molar-refractivity contribution in [1.29, 1.82) is 0 Å². The first-order valence-electron chi connectivity index (χ1n) is 8.02. The van der Waals surface area contributed by atoms with E-state index in [2.05, 4.69) is 10.6 Å². The Bertz CT molecular complexity index is 746. The number of imide groups is 2. The fourth-order valence-electron chi connectivity index (χ4n) is 3.02. The second-order valence-electron chi connectivity index (χ2n) is 5.71. The quantitative estimate of drug-likeness (QED) is 0.581. The van der Waals surface area contributed by atoms with Crippen LogP contribution >= 0.6 is 0 Å². The van der Waals surface area contributed by atoms with E-state index < -0.39 is 29.7 Å². The number of piperidine rings is 1. The number of hydrogen-bond acceptors (Lipinski definition) is 6. The van der Waals surface area contributed by atoms with Gasteiger partial charge in [0.05, 0.1) is 24.3 Å². The number of rotatable bonds is 6. The van der Waals surface area contributed by atoms with E-state index >= 15 is 0 Å². The summed E-state index contributed by atoms with van der Waals surface area (Å²) in [5.74, 6) is -2.06. The van der Waals surface area contributed by atoms with E-state index in [1.807, 2.05) is 0 Å². The van der Waals surface area contributed by atoms with Crippen molar-refractivity contribution in [3.8, 4) is 0 Å². The zero-order valence-corrected chi connectivity index (χ0v) is 13.7. The van der Waals surface area contributed by atoms with Gasteiger partial charge in [0.1, 0.15) is 6.04 Å². The lowest BCUT2D eigenvalue weighted by Crippen LogP contribution is -2.54. The topological polar surface area (TPSA) is 105 Å². The largest absolute Gasteiger partial charge is 0.382 e. The van der Waals surface area contributed by atoms with Crippen LogP contribution in [0.3, 0.4) is 0 Å². The molecule has 25 heavy (non-hydrogen) atoms. The number of nitrogens with zero attached hydrogens (tertiary/aromatic N) is 1. The van der Waals surface area contributed by atoms with Crippen molar-refractivity contribution in [1.82, 2.24) is 10.2 Å². The number of ether oxygens (including phenoxy) is 1. The predicted molar refractivity (Wildman–Crippen MR) is 87.5 cm³/mol. The SMILES string of the molecule is C[CH]OCCNc1cccc2c1C(=O)N(C1CCC(=O)NC1=O)C2=O. The molecule has 2 heterocycles. The molecule has 1 fully saturated rings. The summed E-state index contributed by atoms with van der Waals surface area (Å²) < 4.78 is 5.13. The summed E-state index contributed by atoms with van der Waals surface area (Å²) in [5.41, 5.74) is 1.02. The third-order valence-electron chi connectivity index (χ3n) is 4.17. The van der Waals surface area contributed by atoms with Crippen LogP contribution in [-0.4, -0.2) is 47.7 Å². The van der Waals surface area contributed by atoms with Crippen LogP contribution in [0.25, 0.3) is 0 Å². The van der Waals surface area contributed by atoms with Gasteiger partial charge in [0.2, 0.25) is 11.8 Å². The summed E-state index contributed by atoms with van der Waals surface area (Å²) in [6.45, 7) is 4.20. The van der Waals surface area contributed by atoms with Gasteiger partial charge in [-0.2, -0.15) is 0 Å². The standard InChI is InChI=1S/C17H18N3O5/c1-2-25-9-8-18-11-5-3-4-10-14(11)17(24)20(16(10)23)12-6-7-13(21)19-15(12)22/h2-5,12,18H,6-9H2,1H3,(H,19,21,22). The molecule has 2 aliphatic heterocycles. The van der Waals surface area contributed by atoms with Crippen LogP contribution in [0.5, 0.6) is 0 Å². The molecule has 8 heteroatoms. The average molecular weight is 344 g/mol. The molecule has 3 rings (SSSR count). The lowest BCUT2D eigenvalue weighted by molar-refractivity contribution is -0.136. The van der Waals surface area contributed by atoms with E-state index in [1.54, 1.807) is 31.7 Å². The Morgan fingerprint density at radius 1 is 1.28 bits per heavy atom. The van der Waals surface area contributed by atoms with Crippen molar-refractivity contribution in [2.75, 3.05) is 18.5 Å². The third kappa shape index (κ3) is 3.12. The molecule has 131 valence electrons. The van der Waals surface area contributed by atoms with Gasteiger partial charge in [-0.25, -0.2) is 0 Å². The number of hydrogen-bond donors (Lipinski definition) is 2. The van der Waals surface area contributed by atoms with Crippen LogP contribution in [-0.2, 0) is 14.3 Å². The molecule has 1 saturated heterocycles. The molecule has 1 atom stereocenters. The maximum atomic E-state index is 12.8. The molecule has 1 unspecified atom stereocenters. The van der Waals surface area contributed by atoms with Gasteiger partial charge in [-0.1, -0.05) is 6.07 Å². The first-order valence-corrected chi connectivity index (χ1v) is 8.02. The van der Waals surface area contributed by atoms with E-state index in [9.17, 15) is 19.2 Å². The summed E-state index contributed by atoms with van der Waals surface area (Å²) in [7, 11) is 0. The van der Waals surface area contributed by atoms with Crippen molar-refractivity contribution in [2.24, 2.45) is 0 Å². The van der Waals surface area contributed by atoms with Gasteiger partial charge in [-0.3, -0.25) is 29.4 Å². The molecule has 0 saturated carbocycles. The normalized spacial score (nSPS) is 19.9. The highest BCUT2D eigenvalue weighted by Crippen LogP contribution is 2.32. The molecule has 0 bridgehead atoms. The lowest BCUT2D eigenvalue weighted by atomic mass is 10.0. The van der Waals surface area contributed by atoms with Crippen LogP contribution in [0.1, 0.15) is 40.5 Å². The van der Waals surface area contributed by atoms with E-state index in [0.717, 1.165) is 4.90 Å². The number of anilines is 1. The number of benzene rings is 1. The molecule has 0 spiro atoms. The van der Waals surface area contributed by atoms with Gasteiger partial charge >= 0.3 is 0 Å². The molecule has 0 aromatic heterocycles. The first kappa shape index (κ1) is 17.1. The average Bonchev–Trinajstić information content (AvgIpc) is 2.84. The molecular formula is C17H18N3O5. The Hall–Kier alpha value is -2.74. The van der Waals surface area contributed by atoms with Gasteiger partial charge in [-0.05, 0) is 25.5 Å². The molecule has 4 amide bonds. The van der Waals surface area contributed by atoms with Crippen LogP contribution in [0.2, 0.25) is 0 Å². The molecule has 0 aliphatic carbocycles. The third-order valence-corrected chi connectivity index (χ3v) is 4.17. The van der Waals surface area contributed by atoms with E-state index in [0.29, 0.717) is 18.8 Å². The summed E-state index contributed by atoms with van der Waals surface area (Å²) in [4.78, 5) is 49.7. The molecule has 8 nitrogen and oxygen atoms in total. The molecule has 1 aromatic rings. The van der Waals surface area contributed by atoms with Crippen molar-refractivity contribution in [3.05, 3.63) is 35.9 Å². The van der Waals surface area contributed by atoms with Crippen LogP contribution in [0.4, 0.5) is 5.69 Å². The monoisotopic (exact) mass is 344 g/mol. The Labute approximate surface area is 144 Å². The Morgan fingerprint density at radius 2 is 2.08 bits per heavy atom. The maximum absolute atomic E-state index is 12.8. The minimum atomic E-state index is -0.962. The maximum Gasteiger partial charge on any atom is 0.264 e. The Kier molecular flexibility index (Phi) is 4.80. The highest BCUT2D eigenvalue weighted by Gasteiger charge is 2.45. The zero-order valence-electron chi connectivity index (χ0n) is 13.7. The minimum absolute atomic E-state index is 0.0970. The van der Waals surface area contributed by atoms with Crippen molar-refractivity contribution in [3.63, 3.8) is 0 Å². The summed E-state index contributed by atoms with van der Waals surface area (Å²) in [6, 6.07) is 3.97.